The number of anilines is 1. The summed E-state index contributed by atoms with van der Waals surface area (Å²) in [5.41, 5.74) is 1.33. The summed E-state index contributed by atoms with van der Waals surface area (Å²) in [5.74, 6) is -0.500. The van der Waals surface area contributed by atoms with E-state index in [1.165, 1.54) is 24.3 Å². The Balaban J connectivity index is 1.95. The summed E-state index contributed by atoms with van der Waals surface area (Å²) in [7, 11) is 0. The molecular formula is C18H14Cl2N4O4. The van der Waals surface area contributed by atoms with E-state index < -0.39 is 22.9 Å². The van der Waals surface area contributed by atoms with Gasteiger partial charge in [-0.3, -0.25) is 14.9 Å². The van der Waals surface area contributed by atoms with Crippen molar-refractivity contribution < 1.29 is 14.5 Å². The van der Waals surface area contributed by atoms with Crippen LogP contribution in [-0.2, 0) is 4.79 Å². The van der Waals surface area contributed by atoms with Gasteiger partial charge in [0.15, 0.2) is 0 Å². The van der Waals surface area contributed by atoms with Gasteiger partial charge in [-0.05, 0) is 30.7 Å². The zero-order valence-corrected chi connectivity index (χ0v) is 16.0. The second-order valence-electron chi connectivity index (χ2n) is 5.97. The van der Waals surface area contributed by atoms with Crippen molar-refractivity contribution in [1.29, 1.82) is 0 Å². The third-order valence-corrected chi connectivity index (χ3v) is 4.98. The van der Waals surface area contributed by atoms with Crippen molar-refractivity contribution in [2.45, 2.75) is 13.0 Å². The highest BCUT2D eigenvalue weighted by Crippen LogP contribution is 2.35. The summed E-state index contributed by atoms with van der Waals surface area (Å²) in [6, 6.07) is 9.03. The number of allylic oxidation sites excluding steroid dienone is 1. The Kier molecular flexibility index (Phi) is 5.53. The van der Waals surface area contributed by atoms with Gasteiger partial charge in [-0.15, -0.1) is 0 Å². The van der Waals surface area contributed by atoms with Gasteiger partial charge in [0.1, 0.15) is 0 Å². The van der Waals surface area contributed by atoms with E-state index in [-0.39, 0.29) is 16.3 Å². The minimum absolute atomic E-state index is 0.0939. The normalized spacial score (nSPS) is 16.2. The molecular weight excluding hydrogens is 407 g/mol. The van der Waals surface area contributed by atoms with Crippen molar-refractivity contribution in [2.75, 3.05) is 5.32 Å². The maximum atomic E-state index is 12.9. The predicted octanol–water partition coefficient (Wildman–Crippen LogP) is 4.17. The lowest BCUT2D eigenvalue weighted by Crippen LogP contribution is -2.46. The standard InChI is InChI=1S/C18H14Cl2N4O4/c1-9-14(17(25)22-10-5-7-11(8-6-10)24(27)28)16(23-18(26)21-9)12-3-2-4-13(19)15(12)20/h2-8,16H,1H3,(H,22,25)(H2,21,23,26)/t16-/m0/s1. The predicted molar refractivity (Wildman–Crippen MR) is 105 cm³/mol. The first-order valence-corrected chi connectivity index (χ1v) is 8.81. The Morgan fingerprint density at radius 1 is 1.18 bits per heavy atom. The summed E-state index contributed by atoms with van der Waals surface area (Å²) < 4.78 is 0. The molecule has 144 valence electrons. The van der Waals surface area contributed by atoms with E-state index in [9.17, 15) is 19.7 Å². The Morgan fingerprint density at radius 3 is 2.50 bits per heavy atom. The molecule has 28 heavy (non-hydrogen) atoms. The van der Waals surface area contributed by atoms with E-state index in [1.54, 1.807) is 25.1 Å². The zero-order valence-electron chi connectivity index (χ0n) is 14.5. The third-order valence-electron chi connectivity index (χ3n) is 4.14. The lowest BCUT2D eigenvalue weighted by molar-refractivity contribution is -0.384. The fourth-order valence-corrected chi connectivity index (χ4v) is 3.25. The molecule has 0 spiro atoms. The van der Waals surface area contributed by atoms with Crippen LogP contribution in [0.4, 0.5) is 16.2 Å². The lowest BCUT2D eigenvalue weighted by atomic mass is 9.94. The fourth-order valence-electron chi connectivity index (χ4n) is 2.84. The van der Waals surface area contributed by atoms with E-state index in [1.807, 2.05) is 0 Å². The summed E-state index contributed by atoms with van der Waals surface area (Å²) in [6.45, 7) is 1.59. The second-order valence-corrected chi connectivity index (χ2v) is 6.76. The number of urea groups is 1. The van der Waals surface area contributed by atoms with Gasteiger partial charge in [0.05, 0.1) is 26.6 Å². The molecule has 0 unspecified atom stereocenters. The number of rotatable bonds is 4. The molecule has 3 rings (SSSR count). The van der Waals surface area contributed by atoms with Crippen LogP contribution < -0.4 is 16.0 Å². The number of amides is 3. The minimum atomic E-state index is -0.821. The van der Waals surface area contributed by atoms with E-state index >= 15 is 0 Å². The third kappa shape index (κ3) is 3.92. The molecule has 1 heterocycles. The Bertz CT molecular complexity index is 1010. The molecule has 0 saturated carbocycles. The summed E-state index contributed by atoms with van der Waals surface area (Å²) in [6.07, 6.45) is 0. The maximum absolute atomic E-state index is 12.9. The second kappa shape index (κ2) is 7.87. The van der Waals surface area contributed by atoms with E-state index in [0.29, 0.717) is 22.0 Å². The van der Waals surface area contributed by atoms with Crippen LogP contribution in [0.25, 0.3) is 0 Å². The van der Waals surface area contributed by atoms with E-state index in [2.05, 4.69) is 16.0 Å². The van der Waals surface area contributed by atoms with Gasteiger partial charge in [0.2, 0.25) is 0 Å². The molecule has 1 aliphatic heterocycles. The number of benzene rings is 2. The maximum Gasteiger partial charge on any atom is 0.319 e. The average molecular weight is 421 g/mol. The van der Waals surface area contributed by atoms with Gasteiger partial charge in [0.25, 0.3) is 11.6 Å². The van der Waals surface area contributed by atoms with Crippen molar-refractivity contribution >= 4 is 46.5 Å². The topological polar surface area (TPSA) is 113 Å². The van der Waals surface area contributed by atoms with Crippen LogP contribution in [0.2, 0.25) is 10.0 Å². The van der Waals surface area contributed by atoms with Gasteiger partial charge in [-0.25, -0.2) is 4.79 Å². The van der Waals surface area contributed by atoms with Gasteiger partial charge in [-0.1, -0.05) is 35.3 Å². The number of carbonyl (C=O) groups is 2. The van der Waals surface area contributed by atoms with Gasteiger partial charge >= 0.3 is 6.03 Å². The molecule has 0 saturated heterocycles. The Hall–Kier alpha value is -3.10. The molecule has 0 aliphatic carbocycles. The number of nitrogens with one attached hydrogen (secondary N) is 3. The van der Waals surface area contributed by atoms with Crippen molar-refractivity contribution in [2.24, 2.45) is 0 Å². The molecule has 2 aromatic rings. The smallest absolute Gasteiger partial charge is 0.319 e. The largest absolute Gasteiger partial charge is 0.327 e. The molecule has 0 radical (unpaired) electrons. The highest BCUT2D eigenvalue weighted by Gasteiger charge is 2.32. The molecule has 8 nitrogen and oxygen atoms in total. The van der Waals surface area contributed by atoms with Gasteiger partial charge in [0, 0.05) is 23.5 Å². The van der Waals surface area contributed by atoms with Crippen LogP contribution in [-0.4, -0.2) is 16.9 Å². The van der Waals surface area contributed by atoms with Crippen LogP contribution >= 0.6 is 23.2 Å². The fraction of sp³-hybridized carbons (Fsp3) is 0.111. The SMILES string of the molecule is CC1=C(C(=O)Nc2ccc([N+](=O)[O-])cc2)[C@H](c2cccc(Cl)c2Cl)NC(=O)N1. The van der Waals surface area contributed by atoms with Crippen LogP contribution in [0.5, 0.6) is 0 Å². The number of nitro groups is 1. The number of carbonyl (C=O) groups excluding carboxylic acids is 2. The van der Waals surface area contributed by atoms with Gasteiger partial charge in [-0.2, -0.15) is 0 Å². The number of non-ortho nitro benzene ring substituents is 1. The highest BCUT2D eigenvalue weighted by molar-refractivity contribution is 6.42. The van der Waals surface area contributed by atoms with Crippen LogP contribution in [0.1, 0.15) is 18.5 Å². The van der Waals surface area contributed by atoms with Crippen LogP contribution in [0, 0.1) is 10.1 Å². The van der Waals surface area contributed by atoms with Crippen molar-refractivity contribution in [3.05, 3.63) is 79.5 Å². The Labute approximate surface area is 169 Å². The van der Waals surface area contributed by atoms with Crippen LogP contribution in [0.3, 0.4) is 0 Å². The average Bonchev–Trinajstić information content (AvgIpc) is 2.63. The quantitative estimate of drug-likeness (QED) is 0.508. The van der Waals surface area contributed by atoms with E-state index in [4.69, 9.17) is 23.2 Å². The van der Waals surface area contributed by atoms with Crippen molar-refractivity contribution in [3.8, 4) is 0 Å². The number of nitrogens with zero attached hydrogens (tertiary/aromatic N) is 1. The summed E-state index contributed by atoms with van der Waals surface area (Å²) in [5, 5.41) is 19.2. The zero-order chi connectivity index (χ0) is 20.4. The first-order valence-electron chi connectivity index (χ1n) is 8.06. The molecule has 0 fully saturated rings. The molecule has 3 amide bonds. The first kappa shape index (κ1) is 19.7. The molecule has 0 bridgehead atoms. The van der Waals surface area contributed by atoms with Crippen molar-refractivity contribution in [3.63, 3.8) is 0 Å². The molecule has 1 aliphatic rings. The van der Waals surface area contributed by atoms with Crippen LogP contribution in [0.15, 0.2) is 53.7 Å². The molecule has 2 aromatic carbocycles. The Morgan fingerprint density at radius 2 is 1.86 bits per heavy atom. The lowest BCUT2D eigenvalue weighted by Gasteiger charge is -2.29. The number of hydrogen-bond donors (Lipinski definition) is 3. The number of hydrogen-bond acceptors (Lipinski definition) is 4. The van der Waals surface area contributed by atoms with Gasteiger partial charge < -0.3 is 16.0 Å². The highest BCUT2D eigenvalue weighted by atomic mass is 35.5. The summed E-state index contributed by atoms with van der Waals surface area (Å²) >= 11 is 12.3. The van der Waals surface area contributed by atoms with Crippen molar-refractivity contribution in [1.82, 2.24) is 10.6 Å². The monoisotopic (exact) mass is 420 g/mol. The number of nitro benzene ring substituents is 1. The minimum Gasteiger partial charge on any atom is -0.327 e. The number of halogens is 2. The molecule has 10 heteroatoms. The molecule has 3 N–H and O–H groups in total. The van der Waals surface area contributed by atoms with E-state index in [0.717, 1.165) is 0 Å². The molecule has 0 aromatic heterocycles. The summed E-state index contributed by atoms with van der Waals surface area (Å²) in [4.78, 5) is 35.1. The first-order chi connectivity index (χ1) is 13.3. The molecule has 1 atom stereocenters.